The first-order valence-corrected chi connectivity index (χ1v) is 7.85. The van der Waals surface area contributed by atoms with E-state index in [0.717, 1.165) is 19.3 Å². The molecule has 1 saturated heterocycles. The quantitative estimate of drug-likeness (QED) is 0.732. The number of nitrogens with zero attached hydrogens (tertiary/aromatic N) is 1. The van der Waals surface area contributed by atoms with Gasteiger partial charge in [0.05, 0.1) is 0 Å². The lowest BCUT2D eigenvalue weighted by Gasteiger charge is -2.18. The molecule has 1 unspecified atom stereocenters. The second-order valence-electron chi connectivity index (χ2n) is 6.98. The zero-order valence-corrected chi connectivity index (χ0v) is 13.7. The Bertz CT molecular complexity index is 399. The van der Waals surface area contributed by atoms with Crippen molar-refractivity contribution < 1.29 is 14.4 Å². The summed E-state index contributed by atoms with van der Waals surface area (Å²) in [6.07, 6.45) is 3.04. The largest absolute Gasteiger partial charge is 0.356 e. The fourth-order valence-electron chi connectivity index (χ4n) is 2.44. The molecule has 0 aromatic heterocycles. The van der Waals surface area contributed by atoms with E-state index < -0.39 is 0 Å². The number of imide groups is 1. The minimum Gasteiger partial charge on any atom is -0.356 e. The third-order valence-electron chi connectivity index (χ3n) is 3.73. The van der Waals surface area contributed by atoms with E-state index in [1.165, 1.54) is 4.90 Å². The molecular formula is C16H28N2O3. The Morgan fingerprint density at radius 3 is 2.57 bits per heavy atom. The van der Waals surface area contributed by atoms with Gasteiger partial charge in [-0.3, -0.25) is 19.3 Å². The number of carbonyl (C=O) groups is 3. The molecule has 0 saturated carbocycles. The summed E-state index contributed by atoms with van der Waals surface area (Å²) in [6.45, 7) is 9.20. The molecule has 0 aromatic carbocycles. The van der Waals surface area contributed by atoms with Crippen LogP contribution in [0.5, 0.6) is 0 Å². The number of nitrogens with one attached hydrogen (secondary N) is 1. The fourth-order valence-corrected chi connectivity index (χ4v) is 2.44. The van der Waals surface area contributed by atoms with Crippen molar-refractivity contribution in [3.63, 3.8) is 0 Å². The SMILES string of the molecule is CCCC1CC(=O)N(CCC(=O)NCCC(C)(C)C)C1=O. The van der Waals surface area contributed by atoms with Gasteiger partial charge in [0.25, 0.3) is 0 Å². The van der Waals surface area contributed by atoms with Gasteiger partial charge in [0.2, 0.25) is 17.7 Å². The van der Waals surface area contributed by atoms with Crippen LogP contribution in [0.3, 0.4) is 0 Å². The molecule has 1 atom stereocenters. The Kier molecular flexibility index (Phi) is 6.37. The summed E-state index contributed by atoms with van der Waals surface area (Å²) in [4.78, 5) is 36.8. The van der Waals surface area contributed by atoms with Crippen molar-refractivity contribution in [1.82, 2.24) is 10.2 Å². The van der Waals surface area contributed by atoms with Crippen LogP contribution in [0, 0.1) is 11.3 Å². The van der Waals surface area contributed by atoms with Crippen molar-refractivity contribution in [2.24, 2.45) is 11.3 Å². The second kappa shape index (κ2) is 7.57. The maximum Gasteiger partial charge on any atom is 0.232 e. The van der Waals surface area contributed by atoms with Gasteiger partial charge < -0.3 is 5.32 Å². The fraction of sp³-hybridized carbons (Fsp3) is 0.812. The van der Waals surface area contributed by atoms with E-state index in [4.69, 9.17) is 0 Å². The average Bonchev–Trinajstić information content (AvgIpc) is 2.61. The Hall–Kier alpha value is -1.39. The van der Waals surface area contributed by atoms with E-state index in [9.17, 15) is 14.4 Å². The van der Waals surface area contributed by atoms with Crippen LogP contribution in [0.4, 0.5) is 0 Å². The van der Waals surface area contributed by atoms with Crippen LogP contribution in [0.15, 0.2) is 0 Å². The highest BCUT2D eigenvalue weighted by molar-refractivity contribution is 6.03. The van der Waals surface area contributed by atoms with Crippen molar-refractivity contribution in [2.45, 2.75) is 59.8 Å². The van der Waals surface area contributed by atoms with Gasteiger partial charge in [-0.1, -0.05) is 34.1 Å². The molecule has 1 rings (SSSR count). The summed E-state index contributed by atoms with van der Waals surface area (Å²) in [7, 11) is 0. The van der Waals surface area contributed by atoms with Crippen LogP contribution in [0.25, 0.3) is 0 Å². The first-order chi connectivity index (χ1) is 9.74. The van der Waals surface area contributed by atoms with E-state index in [-0.39, 0.29) is 42.0 Å². The molecule has 3 amide bonds. The summed E-state index contributed by atoms with van der Waals surface area (Å²) >= 11 is 0. The van der Waals surface area contributed by atoms with E-state index in [0.29, 0.717) is 13.0 Å². The highest BCUT2D eigenvalue weighted by atomic mass is 16.2. The molecule has 0 bridgehead atoms. The van der Waals surface area contributed by atoms with Crippen molar-refractivity contribution in [1.29, 1.82) is 0 Å². The summed E-state index contributed by atoms with van der Waals surface area (Å²) in [5, 5.41) is 2.84. The van der Waals surface area contributed by atoms with E-state index in [2.05, 4.69) is 26.1 Å². The summed E-state index contributed by atoms with van der Waals surface area (Å²) in [5.41, 5.74) is 0.182. The maximum atomic E-state index is 12.0. The van der Waals surface area contributed by atoms with Crippen molar-refractivity contribution >= 4 is 17.7 Å². The first-order valence-electron chi connectivity index (χ1n) is 7.85. The molecule has 21 heavy (non-hydrogen) atoms. The third-order valence-corrected chi connectivity index (χ3v) is 3.73. The number of amides is 3. The second-order valence-corrected chi connectivity index (χ2v) is 6.98. The lowest BCUT2D eigenvalue weighted by molar-refractivity contribution is -0.139. The van der Waals surface area contributed by atoms with Gasteiger partial charge in [0.1, 0.15) is 0 Å². The third kappa shape index (κ3) is 5.86. The Morgan fingerprint density at radius 2 is 2.00 bits per heavy atom. The van der Waals surface area contributed by atoms with Gasteiger partial charge in [0.15, 0.2) is 0 Å². The number of carbonyl (C=O) groups excluding carboxylic acids is 3. The molecule has 0 aromatic rings. The van der Waals surface area contributed by atoms with Gasteiger partial charge in [0, 0.05) is 31.8 Å². The van der Waals surface area contributed by atoms with Gasteiger partial charge in [-0.05, 0) is 18.3 Å². The average molecular weight is 296 g/mol. The first kappa shape index (κ1) is 17.7. The zero-order valence-electron chi connectivity index (χ0n) is 13.7. The Morgan fingerprint density at radius 1 is 1.33 bits per heavy atom. The van der Waals surface area contributed by atoms with Crippen molar-refractivity contribution in [3.8, 4) is 0 Å². The molecule has 0 aliphatic carbocycles. The number of hydrogen-bond acceptors (Lipinski definition) is 3. The van der Waals surface area contributed by atoms with Gasteiger partial charge in [-0.2, -0.15) is 0 Å². The molecule has 1 N–H and O–H groups in total. The molecule has 1 aliphatic rings. The Balaban J connectivity index is 2.33. The minimum atomic E-state index is -0.175. The predicted octanol–water partition coefficient (Wildman–Crippen LogP) is 2.10. The maximum absolute atomic E-state index is 12.0. The molecule has 5 heteroatoms. The van der Waals surface area contributed by atoms with Crippen LogP contribution >= 0.6 is 0 Å². The summed E-state index contributed by atoms with van der Waals surface area (Å²) < 4.78 is 0. The number of rotatable bonds is 7. The van der Waals surface area contributed by atoms with E-state index in [1.807, 2.05) is 6.92 Å². The molecule has 0 spiro atoms. The summed E-state index contributed by atoms with van der Waals surface area (Å²) in [5.74, 6) is -0.518. The van der Waals surface area contributed by atoms with Gasteiger partial charge in [-0.25, -0.2) is 0 Å². The smallest absolute Gasteiger partial charge is 0.232 e. The van der Waals surface area contributed by atoms with Crippen molar-refractivity contribution in [2.75, 3.05) is 13.1 Å². The zero-order chi connectivity index (χ0) is 16.0. The molecule has 1 aliphatic heterocycles. The van der Waals surface area contributed by atoms with Crippen LogP contribution in [0.2, 0.25) is 0 Å². The van der Waals surface area contributed by atoms with Crippen LogP contribution in [0.1, 0.15) is 59.8 Å². The highest BCUT2D eigenvalue weighted by Gasteiger charge is 2.37. The number of hydrogen-bond donors (Lipinski definition) is 1. The minimum absolute atomic E-state index is 0.0983. The monoisotopic (exact) mass is 296 g/mol. The number of likely N-dealkylation sites (tertiary alicyclic amines) is 1. The molecule has 5 nitrogen and oxygen atoms in total. The molecule has 120 valence electrons. The van der Waals surface area contributed by atoms with E-state index >= 15 is 0 Å². The summed E-state index contributed by atoms with van der Waals surface area (Å²) in [6, 6.07) is 0. The van der Waals surface area contributed by atoms with Crippen LogP contribution in [-0.4, -0.2) is 35.7 Å². The lowest BCUT2D eigenvalue weighted by Crippen LogP contribution is -2.35. The lowest BCUT2D eigenvalue weighted by atomic mass is 9.92. The van der Waals surface area contributed by atoms with Crippen LogP contribution in [-0.2, 0) is 14.4 Å². The molecular weight excluding hydrogens is 268 g/mol. The van der Waals surface area contributed by atoms with Crippen molar-refractivity contribution in [3.05, 3.63) is 0 Å². The molecule has 1 heterocycles. The van der Waals surface area contributed by atoms with E-state index in [1.54, 1.807) is 0 Å². The molecule has 0 radical (unpaired) electrons. The molecule has 1 fully saturated rings. The topological polar surface area (TPSA) is 66.5 Å². The van der Waals surface area contributed by atoms with Crippen LogP contribution < -0.4 is 5.32 Å². The van der Waals surface area contributed by atoms with Gasteiger partial charge >= 0.3 is 0 Å². The predicted molar refractivity (Wildman–Crippen MR) is 81.4 cm³/mol. The standard InChI is InChI=1S/C16H28N2O3/c1-5-6-12-11-14(20)18(15(12)21)10-7-13(19)17-9-8-16(2,3)4/h12H,5-11H2,1-4H3,(H,17,19). The van der Waals surface area contributed by atoms with Gasteiger partial charge in [-0.15, -0.1) is 0 Å². The highest BCUT2D eigenvalue weighted by Crippen LogP contribution is 2.23. The Labute approximate surface area is 127 Å². The normalized spacial score (nSPS) is 19.2.